The molecular weight excluding hydrogens is 462 g/mol. The molecule has 1 aliphatic rings. The number of hydrazine groups is 1. The molecule has 1 atom stereocenters. The van der Waals surface area contributed by atoms with Gasteiger partial charge in [-0.25, -0.2) is 9.48 Å². The van der Waals surface area contributed by atoms with E-state index in [-0.39, 0.29) is 5.69 Å². The number of nitrogens with zero attached hydrogens (tertiary/aromatic N) is 3. The van der Waals surface area contributed by atoms with E-state index in [0.29, 0.717) is 24.2 Å². The van der Waals surface area contributed by atoms with E-state index in [1.54, 1.807) is 13.0 Å². The molecule has 1 saturated heterocycles. The first-order chi connectivity index (χ1) is 16.9. The molecule has 4 aromatic rings. The minimum atomic E-state index is -1.12. The summed E-state index contributed by atoms with van der Waals surface area (Å²) in [6.07, 6.45) is 1.01. The second kappa shape index (κ2) is 9.19. The van der Waals surface area contributed by atoms with Gasteiger partial charge in [0.25, 0.3) is 11.8 Å². The number of urea groups is 1. The van der Waals surface area contributed by atoms with E-state index < -0.39 is 23.4 Å². The van der Waals surface area contributed by atoms with E-state index in [2.05, 4.69) is 15.8 Å². The minimum Gasteiger partial charge on any atom is -0.322 e. The van der Waals surface area contributed by atoms with Crippen LogP contribution in [0.25, 0.3) is 16.3 Å². The first-order valence-electron chi connectivity index (χ1n) is 11.2. The van der Waals surface area contributed by atoms with E-state index in [1.165, 1.54) is 16.0 Å². The van der Waals surface area contributed by atoms with Gasteiger partial charge in [-0.15, -0.1) is 11.3 Å². The van der Waals surface area contributed by atoms with Crippen molar-refractivity contribution in [3.8, 4) is 16.3 Å². The number of carbonyl (C=O) groups is 3. The number of aromatic nitrogens is 2. The summed E-state index contributed by atoms with van der Waals surface area (Å²) in [6, 6.07) is 23.8. The van der Waals surface area contributed by atoms with Gasteiger partial charge in [-0.3, -0.25) is 15.0 Å². The molecule has 0 bridgehead atoms. The van der Waals surface area contributed by atoms with E-state index in [9.17, 15) is 14.4 Å². The fourth-order valence-electron chi connectivity index (χ4n) is 4.01. The molecule has 5 rings (SSSR count). The Bertz CT molecular complexity index is 1370. The van der Waals surface area contributed by atoms with Crippen LogP contribution < -0.4 is 10.7 Å². The molecular formula is C26H23N5O3S. The lowest BCUT2D eigenvalue weighted by Crippen LogP contribution is -2.49. The Morgan fingerprint density at radius 2 is 1.74 bits per heavy atom. The molecule has 2 aromatic carbocycles. The van der Waals surface area contributed by atoms with Crippen molar-refractivity contribution >= 4 is 29.2 Å². The summed E-state index contributed by atoms with van der Waals surface area (Å²) in [5.74, 6) is -1.11. The van der Waals surface area contributed by atoms with Crippen LogP contribution >= 0.6 is 11.3 Å². The predicted molar refractivity (Wildman–Crippen MR) is 133 cm³/mol. The maximum Gasteiger partial charge on any atom is 0.344 e. The summed E-state index contributed by atoms with van der Waals surface area (Å²) < 4.78 is 1.51. The Hall–Kier alpha value is -4.24. The third-order valence-corrected chi connectivity index (χ3v) is 6.84. The van der Waals surface area contributed by atoms with Gasteiger partial charge >= 0.3 is 6.03 Å². The van der Waals surface area contributed by atoms with Gasteiger partial charge in [0.05, 0.1) is 10.6 Å². The summed E-state index contributed by atoms with van der Waals surface area (Å²) in [5, 5.41) is 10.0. The summed E-state index contributed by atoms with van der Waals surface area (Å²) in [4.78, 5) is 40.1. The highest BCUT2D eigenvalue weighted by Crippen LogP contribution is 2.27. The van der Waals surface area contributed by atoms with Crippen LogP contribution in [-0.2, 0) is 11.2 Å². The molecule has 3 heterocycles. The molecule has 4 amide bonds. The van der Waals surface area contributed by atoms with Crippen LogP contribution in [0, 0.1) is 0 Å². The number of hydrogen-bond donors (Lipinski definition) is 2. The molecule has 9 heteroatoms. The Kier molecular flexibility index (Phi) is 5.92. The van der Waals surface area contributed by atoms with Gasteiger partial charge in [0.15, 0.2) is 0 Å². The molecule has 0 spiro atoms. The maximum atomic E-state index is 13.3. The Balaban J connectivity index is 1.38. The molecule has 1 unspecified atom stereocenters. The van der Waals surface area contributed by atoms with Crippen molar-refractivity contribution in [1.82, 2.24) is 25.5 Å². The van der Waals surface area contributed by atoms with Gasteiger partial charge in [0, 0.05) is 0 Å². The monoisotopic (exact) mass is 485 g/mol. The summed E-state index contributed by atoms with van der Waals surface area (Å²) in [5.41, 5.74) is 3.95. The summed E-state index contributed by atoms with van der Waals surface area (Å²) >= 11 is 1.51. The molecule has 0 aliphatic carbocycles. The number of carbonyl (C=O) groups excluding carboxylic acids is 3. The summed E-state index contributed by atoms with van der Waals surface area (Å²) in [6.45, 7) is 1.67. The van der Waals surface area contributed by atoms with Crippen molar-refractivity contribution in [2.24, 2.45) is 0 Å². The SMILES string of the molecule is CC1(CCc2ccccc2)NC(=O)N(NC(=O)c2cc(-c3cccs3)nn2-c2ccccc2)C1=O. The van der Waals surface area contributed by atoms with Crippen LogP contribution in [-0.4, -0.2) is 38.2 Å². The molecule has 1 fully saturated rings. The number of rotatable bonds is 7. The normalized spacial score (nSPS) is 17.5. The average molecular weight is 486 g/mol. The van der Waals surface area contributed by atoms with E-state index in [1.807, 2.05) is 78.2 Å². The van der Waals surface area contributed by atoms with Gasteiger partial charge in [-0.1, -0.05) is 54.6 Å². The third kappa shape index (κ3) is 4.45. The lowest BCUT2D eigenvalue weighted by atomic mass is 9.93. The number of amides is 4. The number of thiophene rings is 1. The fourth-order valence-corrected chi connectivity index (χ4v) is 4.69. The quantitative estimate of drug-likeness (QED) is 0.384. The lowest BCUT2D eigenvalue weighted by molar-refractivity contribution is -0.132. The molecule has 2 N–H and O–H groups in total. The fraction of sp³-hybridized carbons (Fsp3) is 0.154. The van der Waals surface area contributed by atoms with Crippen molar-refractivity contribution in [3.63, 3.8) is 0 Å². The molecule has 1 aliphatic heterocycles. The van der Waals surface area contributed by atoms with Crippen LogP contribution in [0.4, 0.5) is 4.79 Å². The zero-order chi connectivity index (χ0) is 24.4. The standard InChI is InChI=1S/C26H23N5O3S/c1-26(15-14-18-9-4-2-5-10-18)24(33)31(25(34)27-26)29-23(32)21-17-20(22-13-8-16-35-22)28-30(21)19-11-6-3-7-12-19/h2-13,16-17H,14-15H2,1H3,(H,27,34)(H,29,32). The highest BCUT2D eigenvalue weighted by molar-refractivity contribution is 7.13. The van der Waals surface area contributed by atoms with Crippen molar-refractivity contribution in [1.29, 1.82) is 0 Å². The second-order valence-electron chi connectivity index (χ2n) is 8.47. The Morgan fingerprint density at radius 1 is 1.03 bits per heavy atom. The molecule has 35 heavy (non-hydrogen) atoms. The number of aryl methyl sites for hydroxylation is 1. The molecule has 176 valence electrons. The van der Waals surface area contributed by atoms with Crippen LogP contribution in [0.15, 0.2) is 84.2 Å². The van der Waals surface area contributed by atoms with Crippen LogP contribution in [0.1, 0.15) is 29.4 Å². The van der Waals surface area contributed by atoms with E-state index in [4.69, 9.17) is 0 Å². The molecule has 8 nitrogen and oxygen atoms in total. The zero-order valence-corrected chi connectivity index (χ0v) is 19.8. The zero-order valence-electron chi connectivity index (χ0n) is 19.0. The molecule has 0 saturated carbocycles. The number of para-hydroxylation sites is 1. The summed E-state index contributed by atoms with van der Waals surface area (Å²) in [7, 11) is 0. The minimum absolute atomic E-state index is 0.207. The van der Waals surface area contributed by atoms with Gasteiger partial charge in [0.1, 0.15) is 16.9 Å². The van der Waals surface area contributed by atoms with Crippen molar-refractivity contribution in [2.45, 2.75) is 25.3 Å². The second-order valence-corrected chi connectivity index (χ2v) is 9.42. The number of benzene rings is 2. The van der Waals surface area contributed by atoms with Crippen molar-refractivity contribution in [3.05, 3.63) is 95.5 Å². The van der Waals surface area contributed by atoms with Gasteiger partial charge < -0.3 is 5.32 Å². The first kappa shape index (κ1) is 22.5. The number of imide groups is 1. The van der Waals surface area contributed by atoms with E-state index in [0.717, 1.165) is 15.4 Å². The maximum absolute atomic E-state index is 13.3. The highest BCUT2D eigenvalue weighted by Gasteiger charge is 2.48. The predicted octanol–water partition coefficient (Wildman–Crippen LogP) is 4.19. The van der Waals surface area contributed by atoms with Crippen molar-refractivity contribution < 1.29 is 14.4 Å². The largest absolute Gasteiger partial charge is 0.344 e. The van der Waals surface area contributed by atoms with Gasteiger partial charge in [0.2, 0.25) is 0 Å². The number of nitrogens with one attached hydrogen (secondary N) is 2. The topological polar surface area (TPSA) is 96.3 Å². The number of hydrogen-bond acceptors (Lipinski definition) is 5. The van der Waals surface area contributed by atoms with Crippen LogP contribution in [0.5, 0.6) is 0 Å². The third-order valence-electron chi connectivity index (χ3n) is 5.95. The van der Waals surface area contributed by atoms with Crippen LogP contribution in [0.3, 0.4) is 0 Å². The van der Waals surface area contributed by atoms with Crippen LogP contribution in [0.2, 0.25) is 0 Å². The van der Waals surface area contributed by atoms with Crippen molar-refractivity contribution in [2.75, 3.05) is 0 Å². The van der Waals surface area contributed by atoms with Gasteiger partial charge in [-0.2, -0.15) is 10.1 Å². The molecule has 0 radical (unpaired) electrons. The average Bonchev–Trinajstić information content (AvgIpc) is 3.60. The van der Waals surface area contributed by atoms with E-state index >= 15 is 0 Å². The first-order valence-corrected chi connectivity index (χ1v) is 12.0. The molecule has 2 aromatic heterocycles. The highest BCUT2D eigenvalue weighted by atomic mass is 32.1. The smallest absolute Gasteiger partial charge is 0.322 e. The lowest BCUT2D eigenvalue weighted by Gasteiger charge is -2.21. The van der Waals surface area contributed by atoms with Gasteiger partial charge in [-0.05, 0) is 55.0 Å². The Morgan fingerprint density at radius 3 is 2.43 bits per heavy atom. The Labute approximate surface area is 206 Å².